The van der Waals surface area contributed by atoms with Gasteiger partial charge in [0.1, 0.15) is 5.75 Å². The summed E-state index contributed by atoms with van der Waals surface area (Å²) >= 11 is 0. The molecule has 0 saturated heterocycles. The van der Waals surface area contributed by atoms with Gasteiger partial charge >= 0.3 is 6.03 Å². The average Bonchev–Trinajstić information content (AvgIpc) is 2.79. The summed E-state index contributed by atoms with van der Waals surface area (Å²) in [6.07, 6.45) is 4.58. The number of nitrogens with one attached hydrogen (secondary N) is 2. The molecule has 4 heteroatoms. The lowest BCUT2D eigenvalue weighted by atomic mass is 10.2. The Balaban J connectivity index is 1.75. The molecule has 1 saturated carbocycles. The van der Waals surface area contributed by atoms with Gasteiger partial charge in [0.15, 0.2) is 0 Å². The molecule has 2 amide bonds. The molecule has 0 aromatic heterocycles. The van der Waals surface area contributed by atoms with E-state index in [0.717, 1.165) is 18.4 Å². The third kappa shape index (κ3) is 3.66. The molecule has 17 heavy (non-hydrogen) atoms. The molecule has 0 atom stereocenters. The fourth-order valence-electron chi connectivity index (χ4n) is 2.16. The van der Waals surface area contributed by atoms with Crippen LogP contribution in [0.15, 0.2) is 24.3 Å². The summed E-state index contributed by atoms with van der Waals surface area (Å²) in [5.74, 6) is 0.223. The molecule has 0 aliphatic heterocycles. The molecule has 0 unspecified atom stereocenters. The van der Waals surface area contributed by atoms with E-state index < -0.39 is 0 Å². The molecular weight excluding hydrogens is 216 g/mol. The first-order valence-electron chi connectivity index (χ1n) is 6.06. The number of urea groups is 1. The van der Waals surface area contributed by atoms with Gasteiger partial charge in [0.25, 0.3) is 0 Å². The number of hydrogen-bond donors (Lipinski definition) is 3. The third-order valence-electron chi connectivity index (χ3n) is 3.05. The highest BCUT2D eigenvalue weighted by molar-refractivity contribution is 5.74. The summed E-state index contributed by atoms with van der Waals surface area (Å²) in [7, 11) is 0. The Morgan fingerprint density at radius 1 is 1.35 bits per heavy atom. The number of amides is 2. The minimum atomic E-state index is -0.125. The molecule has 0 heterocycles. The van der Waals surface area contributed by atoms with Gasteiger partial charge in [0, 0.05) is 12.6 Å². The van der Waals surface area contributed by atoms with Gasteiger partial charge in [-0.2, -0.15) is 0 Å². The van der Waals surface area contributed by atoms with Crippen LogP contribution in [0, 0.1) is 0 Å². The number of rotatable bonds is 3. The maximum Gasteiger partial charge on any atom is 0.315 e. The van der Waals surface area contributed by atoms with Gasteiger partial charge in [-0.05, 0) is 30.5 Å². The van der Waals surface area contributed by atoms with Crippen molar-refractivity contribution in [3.8, 4) is 5.75 Å². The summed E-state index contributed by atoms with van der Waals surface area (Å²) < 4.78 is 0. The number of benzene rings is 1. The van der Waals surface area contributed by atoms with E-state index in [9.17, 15) is 9.90 Å². The van der Waals surface area contributed by atoms with Crippen LogP contribution in [0.1, 0.15) is 31.2 Å². The van der Waals surface area contributed by atoms with Crippen molar-refractivity contribution in [2.45, 2.75) is 38.3 Å². The molecule has 92 valence electrons. The van der Waals surface area contributed by atoms with E-state index in [2.05, 4.69) is 10.6 Å². The van der Waals surface area contributed by atoms with E-state index in [-0.39, 0.29) is 11.8 Å². The molecule has 2 rings (SSSR count). The van der Waals surface area contributed by atoms with Crippen molar-refractivity contribution in [2.24, 2.45) is 0 Å². The van der Waals surface area contributed by atoms with Crippen LogP contribution in [-0.2, 0) is 6.54 Å². The van der Waals surface area contributed by atoms with Crippen LogP contribution in [-0.4, -0.2) is 17.2 Å². The molecule has 1 fully saturated rings. The second-order valence-corrected chi connectivity index (χ2v) is 4.48. The van der Waals surface area contributed by atoms with Crippen molar-refractivity contribution in [2.75, 3.05) is 0 Å². The molecular formula is C13H18N2O2. The summed E-state index contributed by atoms with van der Waals surface area (Å²) in [4.78, 5) is 11.6. The summed E-state index contributed by atoms with van der Waals surface area (Å²) in [5.41, 5.74) is 0.895. The molecule has 0 spiro atoms. The Labute approximate surface area is 101 Å². The van der Waals surface area contributed by atoms with E-state index in [1.54, 1.807) is 18.2 Å². The molecule has 0 bridgehead atoms. The van der Waals surface area contributed by atoms with Crippen LogP contribution in [0.2, 0.25) is 0 Å². The van der Waals surface area contributed by atoms with E-state index >= 15 is 0 Å². The molecule has 3 N–H and O–H groups in total. The van der Waals surface area contributed by atoms with Crippen LogP contribution in [0.4, 0.5) is 4.79 Å². The second-order valence-electron chi connectivity index (χ2n) is 4.48. The zero-order valence-corrected chi connectivity index (χ0v) is 9.78. The smallest absolute Gasteiger partial charge is 0.315 e. The van der Waals surface area contributed by atoms with Gasteiger partial charge in [0.2, 0.25) is 0 Å². The largest absolute Gasteiger partial charge is 0.508 e. The lowest BCUT2D eigenvalue weighted by Crippen LogP contribution is -2.40. The predicted octanol–water partition coefficient (Wildman–Crippen LogP) is 2.13. The Morgan fingerprint density at radius 2 is 2.12 bits per heavy atom. The monoisotopic (exact) mass is 234 g/mol. The van der Waals surface area contributed by atoms with Crippen molar-refractivity contribution in [1.82, 2.24) is 10.6 Å². The van der Waals surface area contributed by atoms with Gasteiger partial charge in [-0.15, -0.1) is 0 Å². The Hall–Kier alpha value is -1.71. The van der Waals surface area contributed by atoms with E-state index in [0.29, 0.717) is 12.6 Å². The van der Waals surface area contributed by atoms with Crippen molar-refractivity contribution in [1.29, 1.82) is 0 Å². The third-order valence-corrected chi connectivity index (χ3v) is 3.05. The van der Waals surface area contributed by atoms with Crippen LogP contribution in [0.3, 0.4) is 0 Å². The molecule has 0 radical (unpaired) electrons. The Kier molecular flexibility index (Phi) is 3.85. The number of aromatic hydroxyl groups is 1. The number of phenolic OH excluding ortho intramolecular Hbond substituents is 1. The van der Waals surface area contributed by atoms with Crippen LogP contribution < -0.4 is 10.6 Å². The predicted molar refractivity (Wildman–Crippen MR) is 65.7 cm³/mol. The van der Waals surface area contributed by atoms with Crippen molar-refractivity contribution < 1.29 is 9.90 Å². The first-order chi connectivity index (χ1) is 8.24. The van der Waals surface area contributed by atoms with Gasteiger partial charge < -0.3 is 15.7 Å². The summed E-state index contributed by atoms with van der Waals surface area (Å²) in [6, 6.07) is 7.11. The highest BCUT2D eigenvalue weighted by Gasteiger charge is 2.16. The van der Waals surface area contributed by atoms with E-state index in [1.165, 1.54) is 12.8 Å². The number of hydrogen-bond acceptors (Lipinski definition) is 2. The number of carbonyl (C=O) groups is 1. The fraction of sp³-hybridized carbons (Fsp3) is 0.462. The minimum Gasteiger partial charge on any atom is -0.508 e. The molecule has 4 nitrogen and oxygen atoms in total. The molecule has 1 aromatic carbocycles. The fourth-order valence-corrected chi connectivity index (χ4v) is 2.16. The molecule has 1 aromatic rings. The quantitative estimate of drug-likeness (QED) is 0.750. The van der Waals surface area contributed by atoms with Gasteiger partial charge in [-0.1, -0.05) is 25.0 Å². The summed E-state index contributed by atoms with van der Waals surface area (Å²) in [6.45, 7) is 0.437. The van der Waals surface area contributed by atoms with Crippen molar-refractivity contribution in [3.05, 3.63) is 29.8 Å². The second kappa shape index (κ2) is 5.57. The van der Waals surface area contributed by atoms with Crippen LogP contribution in [0.5, 0.6) is 5.75 Å². The first kappa shape index (κ1) is 11.8. The standard InChI is InChI=1S/C13H18N2O2/c16-12-7-3-4-10(8-12)9-14-13(17)15-11-5-1-2-6-11/h3-4,7-8,11,16H,1-2,5-6,9H2,(H2,14,15,17). The number of carbonyl (C=O) groups excluding carboxylic acids is 1. The van der Waals surface area contributed by atoms with Gasteiger partial charge in [-0.3, -0.25) is 0 Å². The Morgan fingerprint density at radius 3 is 2.82 bits per heavy atom. The van der Waals surface area contributed by atoms with Gasteiger partial charge in [0.05, 0.1) is 0 Å². The minimum absolute atomic E-state index is 0.125. The highest BCUT2D eigenvalue weighted by atomic mass is 16.3. The average molecular weight is 234 g/mol. The van der Waals surface area contributed by atoms with Gasteiger partial charge in [-0.25, -0.2) is 4.79 Å². The van der Waals surface area contributed by atoms with E-state index in [4.69, 9.17) is 0 Å². The topological polar surface area (TPSA) is 61.4 Å². The lowest BCUT2D eigenvalue weighted by Gasteiger charge is -2.12. The zero-order chi connectivity index (χ0) is 12.1. The Bertz CT molecular complexity index is 387. The molecule has 1 aliphatic carbocycles. The van der Waals surface area contributed by atoms with Crippen molar-refractivity contribution in [3.63, 3.8) is 0 Å². The SMILES string of the molecule is O=C(NCc1cccc(O)c1)NC1CCCC1. The lowest BCUT2D eigenvalue weighted by molar-refractivity contribution is 0.236. The molecule has 1 aliphatic rings. The van der Waals surface area contributed by atoms with Crippen LogP contribution in [0.25, 0.3) is 0 Å². The highest BCUT2D eigenvalue weighted by Crippen LogP contribution is 2.17. The zero-order valence-electron chi connectivity index (χ0n) is 9.78. The van der Waals surface area contributed by atoms with Crippen molar-refractivity contribution >= 4 is 6.03 Å². The number of phenols is 1. The maximum absolute atomic E-state index is 11.6. The first-order valence-corrected chi connectivity index (χ1v) is 6.06. The van der Waals surface area contributed by atoms with E-state index in [1.807, 2.05) is 6.07 Å². The van der Waals surface area contributed by atoms with Crippen LogP contribution >= 0.6 is 0 Å². The normalized spacial score (nSPS) is 15.8. The summed E-state index contributed by atoms with van der Waals surface area (Å²) in [5, 5.41) is 15.0. The maximum atomic E-state index is 11.6.